The number of benzene rings is 1. The van der Waals surface area contributed by atoms with Crippen molar-refractivity contribution in [2.75, 3.05) is 5.32 Å². The summed E-state index contributed by atoms with van der Waals surface area (Å²) in [7, 11) is 1.71. The van der Waals surface area contributed by atoms with Crippen molar-refractivity contribution >= 4 is 17.5 Å². The number of nitrogens with zero attached hydrogens (tertiary/aromatic N) is 3. The third-order valence-electron chi connectivity index (χ3n) is 7.66. The van der Waals surface area contributed by atoms with Crippen molar-refractivity contribution in [3.8, 4) is 11.1 Å². The highest BCUT2D eigenvalue weighted by molar-refractivity contribution is 6.01. The molecule has 2 aromatic heterocycles. The Bertz CT molecular complexity index is 1170. The van der Waals surface area contributed by atoms with Crippen molar-refractivity contribution in [3.63, 3.8) is 0 Å². The van der Waals surface area contributed by atoms with E-state index in [1.807, 2.05) is 38.1 Å². The van der Waals surface area contributed by atoms with E-state index in [0.717, 1.165) is 22.5 Å². The van der Waals surface area contributed by atoms with Crippen LogP contribution in [0.2, 0.25) is 0 Å². The van der Waals surface area contributed by atoms with Gasteiger partial charge in [0, 0.05) is 30.2 Å². The van der Waals surface area contributed by atoms with Crippen molar-refractivity contribution < 1.29 is 9.59 Å². The standard InChI is InChI=1S/C25H32N6O2/c1-14-19(15(2)30-29-14)16-8-10-17(11-9-16)27-23(33)20(21-24(3,4)25(21,5)6)28-22(32)18-12-13-26-31(18)7/h8-13,20-21H,1-7H3,(H,27,33)(H,28,32)(H,29,30)/t20-/m0/s1. The third-order valence-corrected chi connectivity index (χ3v) is 7.66. The summed E-state index contributed by atoms with van der Waals surface area (Å²) in [4.78, 5) is 26.3. The monoisotopic (exact) mass is 448 g/mol. The van der Waals surface area contributed by atoms with Crippen molar-refractivity contribution in [3.05, 3.63) is 53.6 Å². The molecule has 8 nitrogen and oxygen atoms in total. The fraction of sp³-hybridized carbons (Fsp3) is 0.440. The first kappa shape index (κ1) is 22.8. The first-order valence-electron chi connectivity index (χ1n) is 11.2. The molecule has 1 saturated carbocycles. The second-order valence-corrected chi connectivity index (χ2v) is 10.1. The molecule has 0 unspecified atom stereocenters. The maximum absolute atomic E-state index is 13.4. The molecule has 0 radical (unpaired) electrons. The van der Waals surface area contributed by atoms with Gasteiger partial charge in [-0.05, 0) is 54.4 Å². The number of aromatic amines is 1. The fourth-order valence-corrected chi connectivity index (χ4v) is 5.11. The van der Waals surface area contributed by atoms with Crippen LogP contribution in [-0.4, -0.2) is 37.8 Å². The average Bonchev–Trinajstić information content (AvgIpc) is 3.12. The quantitative estimate of drug-likeness (QED) is 0.533. The van der Waals surface area contributed by atoms with Gasteiger partial charge < -0.3 is 10.6 Å². The van der Waals surface area contributed by atoms with Gasteiger partial charge in [0.2, 0.25) is 5.91 Å². The number of hydrogen-bond acceptors (Lipinski definition) is 4. The molecular formula is C25H32N6O2. The highest BCUT2D eigenvalue weighted by atomic mass is 16.2. The van der Waals surface area contributed by atoms with E-state index in [0.29, 0.717) is 11.4 Å². The van der Waals surface area contributed by atoms with E-state index in [1.165, 1.54) is 4.68 Å². The Kier molecular flexibility index (Phi) is 5.42. The van der Waals surface area contributed by atoms with Gasteiger partial charge in [0.25, 0.3) is 5.91 Å². The minimum Gasteiger partial charge on any atom is -0.339 e. The van der Waals surface area contributed by atoms with Crippen LogP contribution >= 0.6 is 0 Å². The summed E-state index contributed by atoms with van der Waals surface area (Å²) >= 11 is 0. The first-order valence-corrected chi connectivity index (χ1v) is 11.2. The van der Waals surface area contributed by atoms with E-state index >= 15 is 0 Å². The lowest BCUT2D eigenvalue weighted by atomic mass is 10.0. The Labute approximate surface area is 194 Å². The van der Waals surface area contributed by atoms with Gasteiger partial charge in [0.15, 0.2) is 0 Å². The molecule has 1 aromatic carbocycles. The zero-order valence-electron chi connectivity index (χ0n) is 20.3. The molecule has 0 aliphatic heterocycles. The summed E-state index contributed by atoms with van der Waals surface area (Å²) in [5.74, 6) is -0.537. The van der Waals surface area contributed by atoms with E-state index in [-0.39, 0.29) is 28.6 Å². The van der Waals surface area contributed by atoms with Gasteiger partial charge >= 0.3 is 0 Å². The number of rotatable bonds is 6. The molecule has 33 heavy (non-hydrogen) atoms. The average molecular weight is 449 g/mol. The number of H-pyrrole nitrogens is 1. The lowest BCUT2D eigenvalue weighted by Gasteiger charge is -2.21. The molecule has 0 bridgehead atoms. The Hall–Kier alpha value is -3.42. The van der Waals surface area contributed by atoms with Crippen LogP contribution in [0.25, 0.3) is 11.1 Å². The van der Waals surface area contributed by atoms with Gasteiger partial charge in [-0.3, -0.25) is 19.4 Å². The summed E-state index contributed by atoms with van der Waals surface area (Å²) in [6.07, 6.45) is 1.57. The Morgan fingerprint density at radius 2 is 1.70 bits per heavy atom. The first-order chi connectivity index (χ1) is 15.4. The van der Waals surface area contributed by atoms with Gasteiger partial charge in [0.1, 0.15) is 11.7 Å². The SMILES string of the molecule is Cc1n[nH]c(C)c1-c1ccc(NC(=O)[C@@H](NC(=O)c2ccnn2C)C2C(C)(C)C2(C)C)cc1. The fourth-order valence-electron chi connectivity index (χ4n) is 5.11. The van der Waals surface area contributed by atoms with Gasteiger partial charge in [0.05, 0.1) is 5.69 Å². The number of carbonyl (C=O) groups excluding carboxylic acids is 2. The van der Waals surface area contributed by atoms with Crippen LogP contribution in [0.3, 0.4) is 0 Å². The third kappa shape index (κ3) is 3.83. The number of hydrogen-bond donors (Lipinski definition) is 3. The zero-order valence-corrected chi connectivity index (χ0v) is 20.3. The molecule has 2 heterocycles. The molecular weight excluding hydrogens is 416 g/mol. The molecule has 3 N–H and O–H groups in total. The van der Waals surface area contributed by atoms with Crippen molar-refractivity contribution in [1.29, 1.82) is 0 Å². The lowest BCUT2D eigenvalue weighted by molar-refractivity contribution is -0.118. The normalized spacial score (nSPS) is 17.4. The smallest absolute Gasteiger partial charge is 0.270 e. The maximum atomic E-state index is 13.4. The Balaban J connectivity index is 1.55. The summed E-state index contributed by atoms with van der Waals surface area (Å²) in [6, 6.07) is 8.66. The Morgan fingerprint density at radius 3 is 2.18 bits per heavy atom. The largest absolute Gasteiger partial charge is 0.339 e. The molecule has 1 fully saturated rings. The van der Waals surface area contributed by atoms with Crippen LogP contribution in [0, 0.1) is 30.6 Å². The van der Waals surface area contributed by atoms with E-state index in [2.05, 4.69) is 53.6 Å². The number of carbonyl (C=O) groups is 2. The Morgan fingerprint density at radius 1 is 1.06 bits per heavy atom. The topological polar surface area (TPSA) is 105 Å². The predicted octanol–water partition coefficient (Wildman–Crippen LogP) is 3.85. The van der Waals surface area contributed by atoms with Crippen LogP contribution in [0.4, 0.5) is 5.69 Å². The molecule has 1 atom stereocenters. The molecule has 0 saturated heterocycles. The molecule has 3 aromatic rings. The number of amides is 2. The van der Waals surface area contributed by atoms with E-state index < -0.39 is 6.04 Å². The van der Waals surface area contributed by atoms with Crippen LogP contribution < -0.4 is 10.6 Å². The minimum atomic E-state index is -0.671. The van der Waals surface area contributed by atoms with Crippen molar-refractivity contribution in [2.24, 2.45) is 23.8 Å². The van der Waals surface area contributed by atoms with Gasteiger partial charge in [-0.2, -0.15) is 10.2 Å². The van der Waals surface area contributed by atoms with Gasteiger partial charge in [-0.1, -0.05) is 39.8 Å². The van der Waals surface area contributed by atoms with Crippen LogP contribution in [0.1, 0.15) is 49.6 Å². The number of anilines is 1. The highest BCUT2D eigenvalue weighted by Crippen LogP contribution is 2.69. The summed E-state index contributed by atoms with van der Waals surface area (Å²) in [6.45, 7) is 12.5. The number of nitrogens with one attached hydrogen (secondary N) is 3. The van der Waals surface area contributed by atoms with Crippen molar-refractivity contribution in [1.82, 2.24) is 25.3 Å². The minimum absolute atomic E-state index is 0.00215. The van der Waals surface area contributed by atoms with E-state index in [1.54, 1.807) is 19.3 Å². The number of aromatic nitrogens is 4. The second-order valence-electron chi connectivity index (χ2n) is 10.1. The molecule has 174 valence electrons. The zero-order chi connectivity index (χ0) is 24.1. The van der Waals surface area contributed by atoms with Crippen LogP contribution in [0.5, 0.6) is 0 Å². The van der Waals surface area contributed by atoms with Gasteiger partial charge in [-0.15, -0.1) is 0 Å². The maximum Gasteiger partial charge on any atom is 0.270 e. The summed E-state index contributed by atoms with van der Waals surface area (Å²) in [5, 5.41) is 17.3. The number of aryl methyl sites for hydroxylation is 3. The lowest BCUT2D eigenvalue weighted by Crippen LogP contribution is -2.47. The highest BCUT2D eigenvalue weighted by Gasteiger charge is 2.68. The van der Waals surface area contributed by atoms with E-state index in [9.17, 15) is 9.59 Å². The predicted molar refractivity (Wildman–Crippen MR) is 128 cm³/mol. The summed E-state index contributed by atoms with van der Waals surface area (Å²) < 4.78 is 1.51. The van der Waals surface area contributed by atoms with E-state index in [4.69, 9.17) is 0 Å². The van der Waals surface area contributed by atoms with Crippen LogP contribution in [0.15, 0.2) is 36.5 Å². The molecule has 8 heteroatoms. The van der Waals surface area contributed by atoms with Crippen molar-refractivity contribution in [2.45, 2.75) is 47.6 Å². The second kappa shape index (κ2) is 7.86. The van der Waals surface area contributed by atoms with Gasteiger partial charge in [-0.25, -0.2) is 0 Å². The molecule has 1 aliphatic rings. The summed E-state index contributed by atoms with van der Waals surface area (Å²) in [5.41, 5.74) is 4.95. The molecule has 0 spiro atoms. The molecule has 1 aliphatic carbocycles. The molecule has 2 amide bonds. The van der Waals surface area contributed by atoms with Crippen LogP contribution in [-0.2, 0) is 11.8 Å². The molecule has 4 rings (SSSR count).